The molecule has 62 valence electrons. The Hall–Kier alpha value is 0.250. The van der Waals surface area contributed by atoms with Crippen molar-refractivity contribution in [2.75, 3.05) is 0 Å². The highest BCUT2D eigenvalue weighted by Gasteiger charge is 2.11. The minimum atomic E-state index is 0. The van der Waals surface area contributed by atoms with Gasteiger partial charge in [0.2, 0.25) is 0 Å². The third-order valence-corrected chi connectivity index (χ3v) is 0.872. The second-order valence-corrected chi connectivity index (χ2v) is 3.93. The summed E-state index contributed by atoms with van der Waals surface area (Å²) in [5, 5.41) is 0.101. The molecule has 0 rings (SSSR count). The molecule has 0 aromatic carbocycles. The van der Waals surface area contributed by atoms with E-state index in [-0.39, 0.29) is 23.3 Å². The van der Waals surface area contributed by atoms with Gasteiger partial charge < -0.3 is 12.4 Å². The molecule has 0 radical (unpaired) electrons. The van der Waals surface area contributed by atoms with Crippen molar-refractivity contribution < 1.29 is 17.4 Å². The maximum absolute atomic E-state index is 5.67. The van der Waals surface area contributed by atoms with E-state index in [1.807, 2.05) is 13.1 Å². The molecule has 1 unspecified atom stereocenters. The standard InChI is InChI=1S/C7H14ClN.ClH/c1-6(8)5-9-7(2,3)4;/h5-6H,1-4H3;1H. The molecule has 0 spiro atoms. The van der Waals surface area contributed by atoms with Crippen molar-refractivity contribution in [3.05, 3.63) is 0 Å². The zero-order valence-electron chi connectivity index (χ0n) is 6.91. The number of hydrogen-bond acceptors (Lipinski definition) is 0. The normalized spacial score (nSPS) is 14.9. The van der Waals surface area contributed by atoms with Crippen LogP contribution in [0.2, 0.25) is 0 Å². The first kappa shape index (κ1) is 12.9. The Balaban J connectivity index is 0. The van der Waals surface area contributed by atoms with Crippen molar-refractivity contribution in [3.63, 3.8) is 0 Å². The lowest BCUT2D eigenvalue weighted by Crippen LogP contribution is -3.00. The minimum absolute atomic E-state index is 0. The molecule has 0 aliphatic heterocycles. The summed E-state index contributed by atoms with van der Waals surface area (Å²) < 4.78 is 0. The number of alkyl halides is 1. The molecule has 0 aromatic heterocycles. The lowest BCUT2D eigenvalue weighted by atomic mass is 10.1. The fourth-order valence-electron chi connectivity index (χ4n) is 0.365. The molecule has 0 saturated carbocycles. The second-order valence-electron chi connectivity index (χ2n) is 3.24. The van der Waals surface area contributed by atoms with Gasteiger partial charge in [-0.1, -0.05) is 0 Å². The summed E-state index contributed by atoms with van der Waals surface area (Å²) in [6.07, 6.45) is 1.89. The summed E-state index contributed by atoms with van der Waals surface area (Å²) in [6, 6.07) is 0. The molecule has 0 fully saturated rings. The van der Waals surface area contributed by atoms with Crippen LogP contribution in [0, 0.1) is 0 Å². The number of hydrogen-bond donors (Lipinski definition) is 1. The van der Waals surface area contributed by atoms with Gasteiger partial charge in [0, 0.05) is 0 Å². The summed E-state index contributed by atoms with van der Waals surface area (Å²) in [5.41, 5.74) is 0.142. The second kappa shape index (κ2) is 4.97. The van der Waals surface area contributed by atoms with Crippen molar-refractivity contribution in [2.45, 2.75) is 38.6 Å². The molecule has 0 aliphatic carbocycles. The van der Waals surface area contributed by atoms with Crippen LogP contribution >= 0.6 is 11.6 Å². The van der Waals surface area contributed by atoms with Gasteiger partial charge in [0.15, 0.2) is 11.8 Å². The lowest BCUT2D eigenvalue weighted by Gasteiger charge is -2.03. The first-order chi connectivity index (χ1) is 3.92. The maximum Gasteiger partial charge on any atom is 0.156 e. The molecule has 0 bridgehead atoms. The van der Waals surface area contributed by atoms with E-state index in [0.29, 0.717) is 0 Å². The topological polar surface area (TPSA) is 14.0 Å². The van der Waals surface area contributed by atoms with Gasteiger partial charge in [0.05, 0.1) is 0 Å². The summed E-state index contributed by atoms with van der Waals surface area (Å²) in [7, 11) is 0. The van der Waals surface area contributed by atoms with E-state index in [1.165, 1.54) is 0 Å². The zero-order chi connectivity index (χ0) is 7.49. The Morgan fingerprint density at radius 1 is 1.40 bits per heavy atom. The molecule has 0 saturated heterocycles. The van der Waals surface area contributed by atoms with Crippen molar-refractivity contribution in [2.24, 2.45) is 0 Å². The van der Waals surface area contributed by atoms with Gasteiger partial charge in [-0.05, 0) is 27.7 Å². The summed E-state index contributed by atoms with van der Waals surface area (Å²) in [5.74, 6) is 0. The average molecular weight is 184 g/mol. The molecule has 1 atom stereocenters. The van der Waals surface area contributed by atoms with Gasteiger partial charge in [0.1, 0.15) is 5.38 Å². The van der Waals surface area contributed by atoms with Crippen molar-refractivity contribution in [1.82, 2.24) is 0 Å². The zero-order valence-corrected chi connectivity index (χ0v) is 8.42. The first-order valence-electron chi connectivity index (χ1n) is 3.17. The molecule has 0 aromatic rings. The Bertz CT molecular complexity index is 103. The Morgan fingerprint density at radius 2 is 1.80 bits per heavy atom. The van der Waals surface area contributed by atoms with Crippen molar-refractivity contribution in [3.8, 4) is 0 Å². The smallest absolute Gasteiger partial charge is 0.156 e. The van der Waals surface area contributed by atoms with E-state index < -0.39 is 0 Å². The highest BCUT2D eigenvalue weighted by atomic mass is 35.5. The van der Waals surface area contributed by atoms with Crippen LogP contribution in [0.15, 0.2) is 0 Å². The lowest BCUT2D eigenvalue weighted by molar-refractivity contribution is -0.534. The SMILES string of the molecule is CC(Cl)C=[NH+]C(C)(C)C.[Cl-]. The third-order valence-electron chi connectivity index (χ3n) is 0.746. The van der Waals surface area contributed by atoms with E-state index in [0.717, 1.165) is 0 Å². The van der Waals surface area contributed by atoms with Crippen LogP contribution in [-0.2, 0) is 0 Å². The highest BCUT2D eigenvalue weighted by molar-refractivity contribution is 6.27. The molecular weight excluding hydrogens is 169 g/mol. The van der Waals surface area contributed by atoms with Crippen LogP contribution in [0.3, 0.4) is 0 Å². The van der Waals surface area contributed by atoms with Gasteiger partial charge in [-0.25, -0.2) is 4.99 Å². The van der Waals surface area contributed by atoms with Gasteiger partial charge >= 0.3 is 0 Å². The van der Waals surface area contributed by atoms with Crippen LogP contribution in [-0.4, -0.2) is 17.1 Å². The first-order valence-corrected chi connectivity index (χ1v) is 3.60. The summed E-state index contributed by atoms with van der Waals surface area (Å²) >= 11 is 5.67. The molecular formula is C7H15Cl2N. The Kier molecular flexibility index (Phi) is 6.41. The molecule has 1 N–H and O–H groups in total. The Labute approximate surface area is 74.3 Å². The number of halogens is 2. The highest BCUT2D eigenvalue weighted by Crippen LogP contribution is 1.87. The Morgan fingerprint density at radius 3 is 1.90 bits per heavy atom. The van der Waals surface area contributed by atoms with E-state index in [1.54, 1.807) is 0 Å². The van der Waals surface area contributed by atoms with Crippen LogP contribution in [0.1, 0.15) is 27.7 Å². The summed E-state index contributed by atoms with van der Waals surface area (Å²) in [6.45, 7) is 8.23. The fourth-order valence-corrected chi connectivity index (χ4v) is 0.428. The largest absolute Gasteiger partial charge is 1.00 e. The van der Waals surface area contributed by atoms with Crippen LogP contribution in [0.5, 0.6) is 0 Å². The maximum atomic E-state index is 5.67. The quantitative estimate of drug-likeness (QED) is 0.344. The molecule has 0 heterocycles. The molecule has 0 amide bonds. The van der Waals surface area contributed by atoms with Crippen LogP contribution in [0.4, 0.5) is 0 Å². The van der Waals surface area contributed by atoms with Gasteiger partial charge in [0.25, 0.3) is 0 Å². The molecule has 1 nitrogen and oxygen atoms in total. The predicted octanol–water partition coefficient (Wildman–Crippen LogP) is -2.43. The molecule has 3 heteroatoms. The van der Waals surface area contributed by atoms with Crippen LogP contribution in [0.25, 0.3) is 0 Å². The predicted molar refractivity (Wildman–Crippen MR) is 42.1 cm³/mol. The van der Waals surface area contributed by atoms with E-state index in [9.17, 15) is 0 Å². The van der Waals surface area contributed by atoms with Gasteiger partial charge in [-0.15, -0.1) is 11.6 Å². The third kappa shape index (κ3) is 11.1. The van der Waals surface area contributed by atoms with E-state index in [2.05, 4.69) is 25.8 Å². The van der Waals surface area contributed by atoms with E-state index >= 15 is 0 Å². The van der Waals surface area contributed by atoms with Crippen molar-refractivity contribution in [1.29, 1.82) is 0 Å². The monoisotopic (exact) mass is 183 g/mol. The minimum Gasteiger partial charge on any atom is -1.00 e. The van der Waals surface area contributed by atoms with E-state index in [4.69, 9.17) is 11.6 Å². The summed E-state index contributed by atoms with van der Waals surface area (Å²) in [4.78, 5) is 3.16. The average Bonchev–Trinajstić information content (AvgIpc) is 1.59. The molecule has 10 heavy (non-hydrogen) atoms. The van der Waals surface area contributed by atoms with Crippen molar-refractivity contribution >= 4 is 17.8 Å². The molecule has 0 aliphatic rings. The fraction of sp³-hybridized carbons (Fsp3) is 0.857. The van der Waals surface area contributed by atoms with Crippen LogP contribution < -0.4 is 17.4 Å². The number of rotatable bonds is 1. The number of nitrogens with one attached hydrogen (secondary N) is 1. The van der Waals surface area contributed by atoms with Gasteiger partial charge in [-0.2, -0.15) is 0 Å². The van der Waals surface area contributed by atoms with Gasteiger partial charge in [-0.3, -0.25) is 0 Å².